The van der Waals surface area contributed by atoms with Gasteiger partial charge in [0.1, 0.15) is 12.4 Å². The van der Waals surface area contributed by atoms with Crippen LogP contribution in [0.1, 0.15) is 19.4 Å². The maximum absolute atomic E-state index is 14.4. The summed E-state index contributed by atoms with van der Waals surface area (Å²) in [5.41, 5.74) is -1.26. The molecule has 1 saturated heterocycles. The summed E-state index contributed by atoms with van der Waals surface area (Å²) in [5.74, 6) is -2.29. The minimum atomic E-state index is -4.76. The number of carbonyl (C=O) groups is 2. The first kappa shape index (κ1) is 22.7. The topological polar surface area (TPSA) is 78.4 Å². The first-order valence-corrected chi connectivity index (χ1v) is 9.57. The highest BCUT2D eigenvalue weighted by atomic mass is 35.5. The van der Waals surface area contributed by atoms with Crippen molar-refractivity contribution in [3.63, 3.8) is 0 Å². The molecule has 1 aliphatic heterocycles. The number of aromatic nitrogens is 2. The van der Waals surface area contributed by atoms with E-state index >= 15 is 0 Å². The van der Waals surface area contributed by atoms with Gasteiger partial charge < -0.3 is 10.2 Å². The zero-order chi connectivity index (χ0) is 22.9. The van der Waals surface area contributed by atoms with Crippen LogP contribution in [0.5, 0.6) is 0 Å². The Kier molecular flexibility index (Phi) is 6.35. The fourth-order valence-electron chi connectivity index (χ4n) is 3.19. The van der Waals surface area contributed by atoms with Crippen molar-refractivity contribution in [1.29, 1.82) is 0 Å². The summed E-state index contributed by atoms with van der Waals surface area (Å²) >= 11 is 5.85. The molecule has 7 nitrogen and oxygen atoms in total. The number of carbonyl (C=O) groups excluding carboxylic acids is 2. The van der Waals surface area contributed by atoms with Gasteiger partial charge in [-0.05, 0) is 24.1 Å². The van der Waals surface area contributed by atoms with E-state index in [-0.39, 0.29) is 24.8 Å². The number of hydrogen-bond acceptors (Lipinski definition) is 4. The standard InChI is InChI=1S/C19H18ClF4N5O2/c1-10(2)14-8-29(17-13(21)5-11(7-26-17)19(22,23)24)18(31)28(14)9-16(30)27-15-6-12(20)3-4-25-15/h3-7,10,14H,8-9H2,1-2H3,(H,25,27,30)/t14-/m1/s1. The van der Waals surface area contributed by atoms with E-state index in [1.54, 1.807) is 13.8 Å². The van der Waals surface area contributed by atoms with Crippen molar-refractivity contribution in [3.05, 3.63) is 47.0 Å². The molecule has 3 heterocycles. The molecule has 31 heavy (non-hydrogen) atoms. The molecular formula is C19H18ClF4N5O2. The molecule has 0 radical (unpaired) electrons. The highest BCUT2D eigenvalue weighted by molar-refractivity contribution is 6.30. The number of urea groups is 1. The van der Waals surface area contributed by atoms with E-state index in [9.17, 15) is 27.2 Å². The summed E-state index contributed by atoms with van der Waals surface area (Å²) in [6, 6.07) is 2.02. The maximum Gasteiger partial charge on any atom is 0.417 e. The molecule has 0 bridgehead atoms. The van der Waals surface area contributed by atoms with Gasteiger partial charge in [0.05, 0.1) is 18.2 Å². The van der Waals surface area contributed by atoms with Crippen LogP contribution >= 0.6 is 11.6 Å². The van der Waals surface area contributed by atoms with Crippen molar-refractivity contribution >= 4 is 35.2 Å². The van der Waals surface area contributed by atoms with E-state index in [0.29, 0.717) is 17.3 Å². The second kappa shape index (κ2) is 8.66. The smallest absolute Gasteiger partial charge is 0.310 e. The third kappa shape index (κ3) is 5.04. The molecular weight excluding hydrogens is 442 g/mol. The molecule has 2 aromatic rings. The average Bonchev–Trinajstić information content (AvgIpc) is 2.97. The van der Waals surface area contributed by atoms with Crippen molar-refractivity contribution < 1.29 is 27.2 Å². The third-order valence-corrected chi connectivity index (χ3v) is 4.96. The van der Waals surface area contributed by atoms with Crippen LogP contribution < -0.4 is 10.2 Å². The first-order valence-electron chi connectivity index (χ1n) is 9.19. The molecule has 0 aliphatic carbocycles. The highest BCUT2D eigenvalue weighted by Gasteiger charge is 2.42. The largest absolute Gasteiger partial charge is 0.417 e. The van der Waals surface area contributed by atoms with E-state index in [0.717, 1.165) is 4.90 Å². The van der Waals surface area contributed by atoms with Crippen LogP contribution in [0.25, 0.3) is 0 Å². The predicted octanol–water partition coefficient (Wildman–Crippen LogP) is 4.19. The number of alkyl halides is 3. The van der Waals surface area contributed by atoms with Crippen molar-refractivity contribution in [2.24, 2.45) is 5.92 Å². The van der Waals surface area contributed by atoms with Crippen LogP contribution in [0.3, 0.4) is 0 Å². The molecule has 1 atom stereocenters. The number of pyridine rings is 2. The van der Waals surface area contributed by atoms with Gasteiger partial charge in [0.2, 0.25) is 5.91 Å². The lowest BCUT2D eigenvalue weighted by molar-refractivity contribution is -0.138. The van der Waals surface area contributed by atoms with Crippen LogP contribution in [0.2, 0.25) is 5.02 Å². The van der Waals surface area contributed by atoms with Crippen molar-refractivity contribution in [1.82, 2.24) is 14.9 Å². The summed E-state index contributed by atoms with van der Waals surface area (Å²) in [7, 11) is 0. The van der Waals surface area contributed by atoms with Gasteiger partial charge in [0.15, 0.2) is 11.6 Å². The van der Waals surface area contributed by atoms with E-state index < -0.39 is 41.4 Å². The van der Waals surface area contributed by atoms with Crippen LogP contribution in [-0.2, 0) is 11.0 Å². The molecule has 1 N–H and O–H groups in total. The second-order valence-electron chi connectivity index (χ2n) is 7.27. The lowest BCUT2D eigenvalue weighted by Gasteiger charge is -2.25. The average molecular weight is 460 g/mol. The van der Waals surface area contributed by atoms with Crippen LogP contribution in [0, 0.1) is 11.7 Å². The Hall–Kier alpha value is -2.95. The lowest BCUT2D eigenvalue weighted by Crippen LogP contribution is -2.43. The minimum absolute atomic E-state index is 0.0333. The van der Waals surface area contributed by atoms with Gasteiger partial charge in [-0.15, -0.1) is 0 Å². The van der Waals surface area contributed by atoms with Gasteiger partial charge in [-0.1, -0.05) is 25.4 Å². The molecule has 0 aromatic carbocycles. The first-order chi connectivity index (χ1) is 14.5. The number of halogens is 5. The van der Waals surface area contributed by atoms with Crippen molar-refractivity contribution in [2.75, 3.05) is 23.3 Å². The van der Waals surface area contributed by atoms with Crippen molar-refractivity contribution in [2.45, 2.75) is 26.1 Å². The molecule has 1 fully saturated rings. The third-order valence-electron chi connectivity index (χ3n) is 4.72. The zero-order valence-electron chi connectivity index (χ0n) is 16.5. The van der Waals surface area contributed by atoms with E-state index in [1.807, 2.05) is 0 Å². The lowest BCUT2D eigenvalue weighted by atomic mass is 10.0. The Morgan fingerprint density at radius 1 is 1.32 bits per heavy atom. The van der Waals surface area contributed by atoms with E-state index in [1.165, 1.54) is 23.2 Å². The van der Waals surface area contributed by atoms with Crippen LogP contribution in [0.4, 0.5) is 34.0 Å². The summed E-state index contributed by atoms with van der Waals surface area (Å²) in [6.07, 6.45) is -2.90. The molecule has 3 rings (SSSR count). The molecule has 0 unspecified atom stereocenters. The van der Waals surface area contributed by atoms with Gasteiger partial charge in [-0.3, -0.25) is 9.69 Å². The molecule has 0 saturated carbocycles. The van der Waals surface area contributed by atoms with Gasteiger partial charge in [0.25, 0.3) is 0 Å². The SMILES string of the molecule is CC(C)[C@H]1CN(c2ncc(C(F)(F)F)cc2F)C(=O)N1CC(=O)Nc1cc(Cl)ccn1. The number of nitrogens with zero attached hydrogens (tertiary/aromatic N) is 4. The summed E-state index contributed by atoms with van der Waals surface area (Å²) in [6.45, 7) is 3.21. The Bertz CT molecular complexity index is 1000. The Morgan fingerprint density at radius 3 is 2.61 bits per heavy atom. The van der Waals surface area contributed by atoms with Gasteiger partial charge >= 0.3 is 12.2 Å². The number of anilines is 2. The molecule has 0 spiro atoms. The normalized spacial score (nSPS) is 16.9. The number of hydrogen-bond donors (Lipinski definition) is 1. The summed E-state index contributed by atoms with van der Waals surface area (Å²) in [4.78, 5) is 35.0. The quantitative estimate of drug-likeness (QED) is 0.680. The molecule has 12 heteroatoms. The molecule has 3 amide bonds. The Morgan fingerprint density at radius 2 is 2.03 bits per heavy atom. The fraction of sp³-hybridized carbons (Fsp3) is 0.368. The predicted molar refractivity (Wildman–Crippen MR) is 105 cm³/mol. The minimum Gasteiger partial charge on any atom is -0.310 e. The van der Waals surface area contributed by atoms with Gasteiger partial charge in [-0.2, -0.15) is 13.2 Å². The summed E-state index contributed by atoms with van der Waals surface area (Å²) < 4.78 is 52.7. The van der Waals surface area contributed by atoms with E-state index in [4.69, 9.17) is 11.6 Å². The Labute approximate surface area is 180 Å². The number of rotatable bonds is 5. The van der Waals surface area contributed by atoms with Gasteiger partial charge in [-0.25, -0.2) is 19.2 Å². The molecule has 2 aromatic heterocycles. The van der Waals surface area contributed by atoms with E-state index in [2.05, 4.69) is 15.3 Å². The zero-order valence-corrected chi connectivity index (χ0v) is 17.2. The van der Waals surface area contributed by atoms with Crippen LogP contribution in [0.15, 0.2) is 30.6 Å². The number of amides is 3. The van der Waals surface area contributed by atoms with Crippen molar-refractivity contribution in [3.8, 4) is 0 Å². The number of nitrogens with one attached hydrogen (secondary N) is 1. The van der Waals surface area contributed by atoms with Gasteiger partial charge in [0, 0.05) is 17.4 Å². The van der Waals surface area contributed by atoms with Crippen LogP contribution in [-0.4, -0.2) is 45.9 Å². The maximum atomic E-state index is 14.4. The summed E-state index contributed by atoms with van der Waals surface area (Å²) in [5, 5.41) is 2.88. The second-order valence-corrected chi connectivity index (χ2v) is 7.70. The molecule has 1 aliphatic rings. The molecule has 166 valence electrons. The highest BCUT2D eigenvalue weighted by Crippen LogP contribution is 2.33. The monoisotopic (exact) mass is 459 g/mol. The Balaban J connectivity index is 1.80. The fourth-order valence-corrected chi connectivity index (χ4v) is 3.35.